The first-order valence-electron chi connectivity index (χ1n) is 10.6. The topological polar surface area (TPSA) is 58.1 Å². The maximum Gasteiger partial charge on any atom is 0.191 e. The Morgan fingerprint density at radius 2 is 1.90 bits per heavy atom. The lowest BCUT2D eigenvalue weighted by Crippen LogP contribution is -2.37. The average molecular weight is 518 g/mol. The average Bonchev–Trinajstić information content (AvgIpc) is 3.25. The molecule has 1 aromatic carbocycles. The number of rotatable bonds is 12. The van der Waals surface area contributed by atoms with Gasteiger partial charge in [0.1, 0.15) is 0 Å². The molecule has 29 heavy (non-hydrogen) atoms. The van der Waals surface area contributed by atoms with Crippen LogP contribution in [0.2, 0.25) is 0 Å². The molecule has 1 saturated heterocycles. The second kappa shape index (κ2) is 15.9. The molecule has 1 aliphatic rings. The second-order valence-electron chi connectivity index (χ2n) is 7.29. The second-order valence-corrected chi connectivity index (χ2v) is 7.29. The number of guanidine groups is 1. The van der Waals surface area contributed by atoms with Gasteiger partial charge in [-0.2, -0.15) is 0 Å². The third-order valence-electron chi connectivity index (χ3n) is 5.14. The van der Waals surface area contributed by atoms with Gasteiger partial charge in [-0.1, -0.05) is 38.1 Å². The van der Waals surface area contributed by atoms with Crippen LogP contribution in [0.5, 0.6) is 0 Å². The van der Waals surface area contributed by atoms with Crippen LogP contribution in [0.15, 0.2) is 29.3 Å². The SMILES string of the molecule is CCN(CC)Cc1ccc(CNC(=NC)NCCCOCC2CCOC2)cc1.I. The Balaban J connectivity index is 0.00000420. The van der Waals surface area contributed by atoms with Crippen LogP contribution in [-0.4, -0.2) is 64.0 Å². The molecule has 1 heterocycles. The summed E-state index contributed by atoms with van der Waals surface area (Å²) in [5.41, 5.74) is 2.62. The molecule has 1 aliphatic heterocycles. The number of hydrogen-bond donors (Lipinski definition) is 2. The van der Waals surface area contributed by atoms with Crippen molar-refractivity contribution < 1.29 is 9.47 Å². The van der Waals surface area contributed by atoms with E-state index in [4.69, 9.17) is 9.47 Å². The Morgan fingerprint density at radius 3 is 2.52 bits per heavy atom. The summed E-state index contributed by atoms with van der Waals surface area (Å²) in [6, 6.07) is 8.83. The van der Waals surface area contributed by atoms with E-state index in [9.17, 15) is 0 Å². The largest absolute Gasteiger partial charge is 0.381 e. The monoisotopic (exact) mass is 518 g/mol. The van der Waals surface area contributed by atoms with E-state index in [0.717, 1.165) is 78.0 Å². The zero-order valence-electron chi connectivity index (χ0n) is 18.3. The molecule has 166 valence electrons. The molecular formula is C22H39IN4O2. The fourth-order valence-electron chi connectivity index (χ4n) is 3.22. The van der Waals surface area contributed by atoms with E-state index in [1.54, 1.807) is 7.05 Å². The summed E-state index contributed by atoms with van der Waals surface area (Å²) in [6.07, 6.45) is 2.10. The van der Waals surface area contributed by atoms with Crippen LogP contribution in [0, 0.1) is 5.92 Å². The van der Waals surface area contributed by atoms with Gasteiger partial charge < -0.3 is 20.1 Å². The van der Waals surface area contributed by atoms with Crippen molar-refractivity contribution in [1.29, 1.82) is 0 Å². The molecule has 6 nitrogen and oxygen atoms in total. The number of ether oxygens (including phenoxy) is 2. The number of halogens is 1. The van der Waals surface area contributed by atoms with Crippen molar-refractivity contribution in [3.63, 3.8) is 0 Å². The molecule has 0 aromatic heterocycles. The van der Waals surface area contributed by atoms with Crippen molar-refractivity contribution in [3.8, 4) is 0 Å². The van der Waals surface area contributed by atoms with Gasteiger partial charge in [0, 0.05) is 45.8 Å². The highest BCUT2D eigenvalue weighted by atomic mass is 127. The Kier molecular flexibility index (Phi) is 14.3. The van der Waals surface area contributed by atoms with E-state index in [1.165, 1.54) is 11.1 Å². The van der Waals surface area contributed by atoms with E-state index in [2.05, 4.69) is 58.6 Å². The molecule has 0 aliphatic carbocycles. The smallest absolute Gasteiger partial charge is 0.191 e. The van der Waals surface area contributed by atoms with Crippen molar-refractivity contribution >= 4 is 29.9 Å². The quantitative estimate of drug-likeness (QED) is 0.193. The summed E-state index contributed by atoms with van der Waals surface area (Å²) in [5.74, 6) is 1.41. The number of nitrogens with zero attached hydrogens (tertiary/aromatic N) is 2. The molecule has 0 spiro atoms. The van der Waals surface area contributed by atoms with E-state index < -0.39 is 0 Å². The van der Waals surface area contributed by atoms with Gasteiger partial charge in [0.25, 0.3) is 0 Å². The maximum absolute atomic E-state index is 5.73. The van der Waals surface area contributed by atoms with E-state index in [1.807, 2.05) is 0 Å². The van der Waals surface area contributed by atoms with Crippen LogP contribution in [0.25, 0.3) is 0 Å². The maximum atomic E-state index is 5.73. The van der Waals surface area contributed by atoms with Gasteiger partial charge in [-0.15, -0.1) is 24.0 Å². The molecule has 2 rings (SSSR count). The summed E-state index contributed by atoms with van der Waals surface area (Å²) in [4.78, 5) is 6.71. The Hall–Kier alpha value is -0.900. The third kappa shape index (κ3) is 10.6. The lowest BCUT2D eigenvalue weighted by atomic mass is 10.1. The van der Waals surface area contributed by atoms with E-state index >= 15 is 0 Å². The highest BCUT2D eigenvalue weighted by Crippen LogP contribution is 2.12. The molecule has 1 unspecified atom stereocenters. The van der Waals surface area contributed by atoms with Gasteiger partial charge in [-0.3, -0.25) is 9.89 Å². The van der Waals surface area contributed by atoms with Crippen LogP contribution in [0.3, 0.4) is 0 Å². The molecular weight excluding hydrogens is 479 g/mol. The van der Waals surface area contributed by atoms with Crippen LogP contribution in [-0.2, 0) is 22.6 Å². The van der Waals surface area contributed by atoms with Gasteiger partial charge in [-0.25, -0.2) is 0 Å². The summed E-state index contributed by atoms with van der Waals surface area (Å²) >= 11 is 0. The molecule has 0 bridgehead atoms. The molecule has 0 saturated carbocycles. The summed E-state index contributed by atoms with van der Waals surface area (Å²) < 4.78 is 11.1. The number of aliphatic imine (C=N–C) groups is 1. The summed E-state index contributed by atoms with van der Waals surface area (Å²) in [7, 11) is 1.80. The van der Waals surface area contributed by atoms with Crippen molar-refractivity contribution in [2.75, 3.05) is 53.1 Å². The minimum atomic E-state index is 0. The van der Waals surface area contributed by atoms with Gasteiger partial charge in [0.05, 0.1) is 13.2 Å². The van der Waals surface area contributed by atoms with Crippen LogP contribution < -0.4 is 10.6 Å². The third-order valence-corrected chi connectivity index (χ3v) is 5.14. The van der Waals surface area contributed by atoms with Crippen molar-refractivity contribution in [2.45, 2.75) is 39.8 Å². The highest BCUT2D eigenvalue weighted by Gasteiger charge is 2.15. The highest BCUT2D eigenvalue weighted by molar-refractivity contribution is 14.0. The lowest BCUT2D eigenvalue weighted by molar-refractivity contribution is 0.0888. The van der Waals surface area contributed by atoms with Crippen molar-refractivity contribution in [1.82, 2.24) is 15.5 Å². The fraction of sp³-hybridized carbons (Fsp3) is 0.682. The van der Waals surface area contributed by atoms with Crippen molar-refractivity contribution in [2.24, 2.45) is 10.9 Å². The number of benzene rings is 1. The molecule has 0 amide bonds. The first-order chi connectivity index (χ1) is 13.7. The lowest BCUT2D eigenvalue weighted by Gasteiger charge is -2.18. The van der Waals surface area contributed by atoms with Gasteiger partial charge in [0.15, 0.2) is 5.96 Å². The summed E-state index contributed by atoms with van der Waals surface area (Å²) in [6.45, 7) is 12.5. The normalized spacial score (nSPS) is 16.7. The van der Waals surface area contributed by atoms with Crippen LogP contribution >= 0.6 is 24.0 Å². The first kappa shape index (κ1) is 26.1. The fourth-order valence-corrected chi connectivity index (χ4v) is 3.22. The van der Waals surface area contributed by atoms with Crippen LogP contribution in [0.4, 0.5) is 0 Å². The zero-order valence-corrected chi connectivity index (χ0v) is 20.6. The molecule has 0 radical (unpaired) electrons. The standard InChI is InChI=1S/C22H38N4O2.HI/c1-4-26(5-2)16-20-9-7-19(8-10-20)15-25-22(23-3)24-12-6-13-27-17-21-11-14-28-18-21;/h7-10,21H,4-6,11-18H2,1-3H3,(H2,23,24,25);1H. The van der Waals surface area contributed by atoms with E-state index in [0.29, 0.717) is 5.92 Å². The predicted octanol–water partition coefficient (Wildman–Crippen LogP) is 3.25. The van der Waals surface area contributed by atoms with E-state index in [-0.39, 0.29) is 24.0 Å². The predicted molar refractivity (Wildman–Crippen MR) is 131 cm³/mol. The van der Waals surface area contributed by atoms with Gasteiger partial charge >= 0.3 is 0 Å². The molecule has 2 N–H and O–H groups in total. The van der Waals surface area contributed by atoms with Crippen LogP contribution in [0.1, 0.15) is 37.8 Å². The Labute approximate surface area is 193 Å². The van der Waals surface area contributed by atoms with Crippen molar-refractivity contribution in [3.05, 3.63) is 35.4 Å². The molecule has 1 fully saturated rings. The minimum absolute atomic E-state index is 0. The molecule has 7 heteroatoms. The Bertz CT molecular complexity index is 558. The number of hydrogen-bond acceptors (Lipinski definition) is 4. The zero-order chi connectivity index (χ0) is 20.0. The molecule has 1 aromatic rings. The first-order valence-corrected chi connectivity index (χ1v) is 10.6. The molecule has 1 atom stereocenters. The Morgan fingerprint density at radius 1 is 1.17 bits per heavy atom. The van der Waals surface area contributed by atoms with Gasteiger partial charge in [0.2, 0.25) is 0 Å². The number of nitrogens with one attached hydrogen (secondary N) is 2. The summed E-state index contributed by atoms with van der Waals surface area (Å²) in [5, 5.41) is 6.72. The minimum Gasteiger partial charge on any atom is -0.381 e. The van der Waals surface area contributed by atoms with Gasteiger partial charge in [-0.05, 0) is 37.1 Å².